The van der Waals surface area contributed by atoms with Gasteiger partial charge in [-0.3, -0.25) is 0 Å². The van der Waals surface area contributed by atoms with E-state index in [1.807, 2.05) is 4.90 Å². The number of aromatic nitrogens is 3. The lowest BCUT2D eigenvalue weighted by molar-refractivity contribution is -0.0316. The van der Waals surface area contributed by atoms with Gasteiger partial charge in [0.05, 0.1) is 0 Å². The molecule has 0 aromatic carbocycles. The molecule has 2 aliphatic heterocycles. The van der Waals surface area contributed by atoms with Gasteiger partial charge in [0, 0.05) is 31.2 Å². The van der Waals surface area contributed by atoms with Crippen LogP contribution in [0.4, 0.5) is 4.79 Å². The van der Waals surface area contributed by atoms with Gasteiger partial charge in [-0.15, -0.1) is 0 Å². The SMILES string of the molecule is CC(C)N1CCC2(CC1)CCN2C(=O)n1cncn1. The van der Waals surface area contributed by atoms with E-state index in [1.54, 1.807) is 0 Å². The lowest BCUT2D eigenvalue weighted by atomic mass is 9.76. The van der Waals surface area contributed by atoms with Crippen LogP contribution in [0.15, 0.2) is 12.7 Å². The van der Waals surface area contributed by atoms with Gasteiger partial charge in [-0.2, -0.15) is 9.78 Å². The van der Waals surface area contributed by atoms with E-state index in [4.69, 9.17) is 0 Å². The average Bonchev–Trinajstić information content (AvgIpc) is 2.91. The number of piperidine rings is 1. The monoisotopic (exact) mass is 263 g/mol. The maximum atomic E-state index is 12.3. The zero-order chi connectivity index (χ0) is 13.5. The van der Waals surface area contributed by atoms with E-state index in [1.165, 1.54) is 17.3 Å². The van der Waals surface area contributed by atoms with E-state index in [0.29, 0.717) is 6.04 Å². The van der Waals surface area contributed by atoms with Crippen LogP contribution in [0.5, 0.6) is 0 Å². The molecule has 0 bridgehead atoms. The van der Waals surface area contributed by atoms with Crippen LogP contribution in [0.2, 0.25) is 0 Å². The highest BCUT2D eigenvalue weighted by atomic mass is 16.2. The highest BCUT2D eigenvalue weighted by molar-refractivity contribution is 5.77. The summed E-state index contributed by atoms with van der Waals surface area (Å²) in [6.45, 7) is 7.48. The lowest BCUT2D eigenvalue weighted by Crippen LogP contribution is -2.66. The molecule has 2 fully saturated rings. The van der Waals surface area contributed by atoms with Gasteiger partial charge < -0.3 is 9.80 Å². The van der Waals surface area contributed by atoms with Crippen LogP contribution in [0.3, 0.4) is 0 Å². The Balaban J connectivity index is 1.68. The highest BCUT2D eigenvalue weighted by Crippen LogP contribution is 2.40. The topological polar surface area (TPSA) is 54.3 Å². The molecule has 19 heavy (non-hydrogen) atoms. The molecule has 6 heteroatoms. The average molecular weight is 263 g/mol. The summed E-state index contributed by atoms with van der Waals surface area (Å²) in [5, 5.41) is 3.94. The minimum absolute atomic E-state index is 0.0262. The van der Waals surface area contributed by atoms with Gasteiger partial charge in [-0.1, -0.05) is 0 Å². The third-order valence-electron chi connectivity index (χ3n) is 4.68. The Morgan fingerprint density at radius 3 is 2.37 bits per heavy atom. The highest BCUT2D eigenvalue weighted by Gasteiger charge is 2.49. The van der Waals surface area contributed by atoms with Gasteiger partial charge in [0.15, 0.2) is 0 Å². The summed E-state index contributed by atoms with van der Waals surface area (Å²) >= 11 is 0. The molecule has 0 unspecified atom stereocenters. The Bertz CT molecular complexity index is 448. The molecule has 0 saturated carbocycles. The van der Waals surface area contributed by atoms with E-state index >= 15 is 0 Å². The zero-order valence-corrected chi connectivity index (χ0v) is 11.6. The summed E-state index contributed by atoms with van der Waals surface area (Å²) in [5.74, 6) is 0. The molecule has 0 atom stereocenters. The summed E-state index contributed by atoms with van der Waals surface area (Å²) < 4.78 is 1.34. The molecule has 104 valence electrons. The number of likely N-dealkylation sites (tertiary alicyclic amines) is 2. The van der Waals surface area contributed by atoms with E-state index < -0.39 is 0 Å². The minimum Gasteiger partial charge on any atom is -0.317 e. The van der Waals surface area contributed by atoms with E-state index in [-0.39, 0.29) is 11.6 Å². The number of rotatable bonds is 1. The van der Waals surface area contributed by atoms with Crippen LogP contribution in [-0.2, 0) is 0 Å². The molecule has 3 heterocycles. The molecule has 2 aliphatic rings. The number of carbonyl (C=O) groups excluding carboxylic acids is 1. The third kappa shape index (κ3) is 2.04. The van der Waals surface area contributed by atoms with E-state index in [0.717, 1.165) is 38.9 Å². The van der Waals surface area contributed by atoms with Gasteiger partial charge in [0.1, 0.15) is 12.7 Å². The van der Waals surface area contributed by atoms with Crippen molar-refractivity contribution in [2.24, 2.45) is 0 Å². The molecule has 0 radical (unpaired) electrons. The molecule has 1 spiro atoms. The normalized spacial score (nSPS) is 22.8. The third-order valence-corrected chi connectivity index (χ3v) is 4.68. The predicted molar refractivity (Wildman–Crippen MR) is 70.8 cm³/mol. The predicted octanol–water partition coefficient (Wildman–Crippen LogP) is 1.19. The Kier molecular flexibility index (Phi) is 3.05. The van der Waals surface area contributed by atoms with Crippen molar-refractivity contribution >= 4 is 6.03 Å². The van der Waals surface area contributed by atoms with Crippen molar-refractivity contribution in [1.82, 2.24) is 24.6 Å². The largest absolute Gasteiger partial charge is 0.346 e. The molecule has 1 aromatic rings. The molecule has 6 nitrogen and oxygen atoms in total. The van der Waals surface area contributed by atoms with Crippen LogP contribution in [0, 0.1) is 0 Å². The Labute approximate surface area is 113 Å². The fraction of sp³-hybridized carbons (Fsp3) is 0.769. The first-order chi connectivity index (χ1) is 9.12. The number of amides is 1. The van der Waals surface area contributed by atoms with Crippen molar-refractivity contribution in [3.63, 3.8) is 0 Å². The number of carbonyl (C=O) groups is 1. The van der Waals surface area contributed by atoms with Crippen LogP contribution in [-0.4, -0.2) is 61.8 Å². The standard InChI is InChI=1S/C13H21N5O/c1-11(2)16-6-3-13(4-7-16)5-8-17(13)12(19)18-10-14-9-15-18/h9-11H,3-8H2,1-2H3. The van der Waals surface area contributed by atoms with Crippen molar-refractivity contribution in [3.8, 4) is 0 Å². The van der Waals surface area contributed by atoms with Crippen molar-refractivity contribution in [3.05, 3.63) is 12.7 Å². The summed E-state index contributed by atoms with van der Waals surface area (Å²) in [6.07, 6.45) is 6.17. The smallest absolute Gasteiger partial charge is 0.317 e. The van der Waals surface area contributed by atoms with Crippen molar-refractivity contribution in [2.45, 2.75) is 44.7 Å². The summed E-state index contributed by atoms with van der Waals surface area (Å²) in [7, 11) is 0. The first-order valence-electron chi connectivity index (χ1n) is 7.03. The van der Waals surface area contributed by atoms with Gasteiger partial charge in [-0.25, -0.2) is 9.78 Å². The Morgan fingerprint density at radius 2 is 1.89 bits per heavy atom. The molecule has 0 aliphatic carbocycles. The van der Waals surface area contributed by atoms with Crippen LogP contribution in [0.25, 0.3) is 0 Å². The van der Waals surface area contributed by atoms with Crippen molar-refractivity contribution in [1.29, 1.82) is 0 Å². The van der Waals surface area contributed by atoms with E-state index in [9.17, 15) is 4.79 Å². The van der Waals surface area contributed by atoms with Crippen LogP contribution >= 0.6 is 0 Å². The molecule has 2 saturated heterocycles. The summed E-state index contributed by atoms with van der Waals surface area (Å²) in [5.41, 5.74) is 0.0778. The Morgan fingerprint density at radius 1 is 1.21 bits per heavy atom. The fourth-order valence-electron chi connectivity index (χ4n) is 3.25. The lowest BCUT2D eigenvalue weighted by Gasteiger charge is -2.56. The van der Waals surface area contributed by atoms with Crippen molar-refractivity contribution < 1.29 is 4.79 Å². The maximum Gasteiger partial charge on any atom is 0.346 e. The second kappa shape index (κ2) is 4.59. The molecular weight excluding hydrogens is 242 g/mol. The molecule has 1 aromatic heterocycles. The first kappa shape index (κ1) is 12.6. The van der Waals surface area contributed by atoms with Gasteiger partial charge in [0.25, 0.3) is 0 Å². The van der Waals surface area contributed by atoms with E-state index in [2.05, 4.69) is 28.8 Å². The quantitative estimate of drug-likeness (QED) is 0.764. The fourth-order valence-corrected chi connectivity index (χ4v) is 3.25. The van der Waals surface area contributed by atoms with Gasteiger partial charge in [-0.05, 0) is 33.1 Å². The second-order valence-corrected chi connectivity index (χ2v) is 5.88. The van der Waals surface area contributed by atoms with Gasteiger partial charge in [0.2, 0.25) is 0 Å². The number of hydrogen-bond acceptors (Lipinski definition) is 4. The molecule has 0 N–H and O–H groups in total. The van der Waals surface area contributed by atoms with Crippen LogP contribution in [0.1, 0.15) is 33.1 Å². The minimum atomic E-state index is -0.0262. The molecule has 1 amide bonds. The Hall–Kier alpha value is -1.43. The second-order valence-electron chi connectivity index (χ2n) is 5.88. The summed E-state index contributed by atoms with van der Waals surface area (Å²) in [6, 6.07) is 0.568. The number of nitrogens with zero attached hydrogens (tertiary/aromatic N) is 5. The van der Waals surface area contributed by atoms with Crippen LogP contribution < -0.4 is 0 Å². The molecular formula is C13H21N5O. The zero-order valence-electron chi connectivity index (χ0n) is 11.6. The van der Waals surface area contributed by atoms with Gasteiger partial charge >= 0.3 is 6.03 Å². The summed E-state index contributed by atoms with van der Waals surface area (Å²) in [4.78, 5) is 20.7. The van der Waals surface area contributed by atoms with Crippen molar-refractivity contribution in [2.75, 3.05) is 19.6 Å². The first-order valence-corrected chi connectivity index (χ1v) is 7.03. The number of hydrogen-bond donors (Lipinski definition) is 0. The maximum absolute atomic E-state index is 12.3. The molecule has 3 rings (SSSR count).